The van der Waals surface area contributed by atoms with Gasteiger partial charge in [-0.05, 0) is 18.2 Å². The van der Waals surface area contributed by atoms with Gasteiger partial charge >= 0.3 is 0 Å². The Balaban J connectivity index is 3.15. The zero-order valence-electron chi connectivity index (χ0n) is 7.01. The summed E-state index contributed by atoms with van der Waals surface area (Å²) in [5.74, 6) is -0.286. The molecule has 0 atom stereocenters. The molecule has 0 aromatic heterocycles. The van der Waals surface area contributed by atoms with E-state index in [4.69, 9.17) is 16.3 Å². The number of carbonyl (C=O) groups is 1. The van der Waals surface area contributed by atoms with E-state index in [1.165, 1.54) is 19.2 Å². The van der Waals surface area contributed by atoms with Crippen LogP contribution in [-0.2, 0) is 0 Å². The van der Waals surface area contributed by atoms with Gasteiger partial charge in [0.05, 0.1) is 12.7 Å². The first-order chi connectivity index (χ1) is 6.19. The highest BCUT2D eigenvalue weighted by molar-refractivity contribution is 6.31. The predicted molar refractivity (Wildman–Crippen MR) is 48.3 cm³/mol. The molecule has 1 aromatic carbocycles. The number of halogens is 2. The molecule has 4 heteroatoms. The Bertz CT molecular complexity index is 325. The van der Waals surface area contributed by atoms with Crippen LogP contribution in [0, 0.1) is 0 Å². The van der Waals surface area contributed by atoms with Gasteiger partial charge in [-0.2, -0.15) is 0 Å². The lowest BCUT2D eigenvalue weighted by molar-refractivity contribution is 0.0955. The Morgan fingerprint density at radius 2 is 2.31 bits per heavy atom. The normalized spacial score (nSPS) is 9.77. The van der Waals surface area contributed by atoms with E-state index in [0.717, 1.165) is 0 Å². The van der Waals surface area contributed by atoms with E-state index in [1.54, 1.807) is 6.07 Å². The molecule has 0 amide bonds. The van der Waals surface area contributed by atoms with Gasteiger partial charge in [-0.1, -0.05) is 11.6 Å². The summed E-state index contributed by atoms with van der Waals surface area (Å²) in [5, 5.41) is 0.387. The number of hydrogen-bond donors (Lipinski definition) is 0. The zero-order chi connectivity index (χ0) is 9.84. The van der Waals surface area contributed by atoms with E-state index in [9.17, 15) is 9.18 Å². The first kappa shape index (κ1) is 9.99. The Hall–Kier alpha value is -1.09. The molecule has 70 valence electrons. The van der Waals surface area contributed by atoms with E-state index < -0.39 is 12.5 Å². The van der Waals surface area contributed by atoms with Crippen LogP contribution < -0.4 is 4.74 Å². The standard InChI is InChI=1S/C9H8ClFO2/c1-13-9-3-2-6(10)4-7(9)8(12)5-11/h2-4H,5H2,1H3. The molecule has 1 rings (SSSR count). The van der Waals surface area contributed by atoms with Crippen LogP contribution in [0.4, 0.5) is 4.39 Å². The summed E-state index contributed by atoms with van der Waals surface area (Å²) in [6.45, 7) is -1.04. The molecular formula is C9H8ClFO2. The minimum absolute atomic E-state index is 0.178. The molecular weight excluding hydrogens is 195 g/mol. The fraction of sp³-hybridized carbons (Fsp3) is 0.222. The second-order valence-corrected chi connectivity index (χ2v) is 2.84. The molecule has 0 aliphatic carbocycles. The van der Waals surface area contributed by atoms with Gasteiger partial charge in [0.1, 0.15) is 5.75 Å². The zero-order valence-corrected chi connectivity index (χ0v) is 7.77. The molecule has 1 aromatic rings. The summed E-state index contributed by atoms with van der Waals surface area (Å²) in [4.78, 5) is 11.0. The van der Waals surface area contributed by atoms with Gasteiger partial charge in [0.25, 0.3) is 0 Å². The highest BCUT2D eigenvalue weighted by Crippen LogP contribution is 2.22. The average molecular weight is 203 g/mol. The van der Waals surface area contributed by atoms with Crippen molar-refractivity contribution in [1.82, 2.24) is 0 Å². The second-order valence-electron chi connectivity index (χ2n) is 2.40. The van der Waals surface area contributed by atoms with Crippen LogP contribution in [-0.4, -0.2) is 19.6 Å². The van der Waals surface area contributed by atoms with E-state index >= 15 is 0 Å². The molecule has 0 saturated carbocycles. The van der Waals surface area contributed by atoms with Crippen LogP contribution in [0.2, 0.25) is 5.02 Å². The van der Waals surface area contributed by atoms with E-state index in [2.05, 4.69) is 0 Å². The first-order valence-electron chi connectivity index (χ1n) is 3.61. The molecule has 0 aliphatic heterocycles. The van der Waals surface area contributed by atoms with Gasteiger partial charge in [-0.25, -0.2) is 4.39 Å². The predicted octanol–water partition coefficient (Wildman–Crippen LogP) is 2.50. The second kappa shape index (κ2) is 4.23. The highest BCUT2D eigenvalue weighted by atomic mass is 35.5. The number of Topliss-reactive ketones (excluding diaryl/α,β-unsaturated/α-hetero) is 1. The monoisotopic (exact) mass is 202 g/mol. The summed E-state index contributed by atoms with van der Waals surface area (Å²) in [5.41, 5.74) is 0.178. The maximum Gasteiger partial charge on any atom is 0.197 e. The van der Waals surface area contributed by atoms with E-state index in [0.29, 0.717) is 10.8 Å². The highest BCUT2D eigenvalue weighted by Gasteiger charge is 2.11. The Labute approximate surface area is 80.3 Å². The van der Waals surface area contributed by atoms with Gasteiger partial charge in [0.15, 0.2) is 12.5 Å². The minimum atomic E-state index is -1.04. The van der Waals surface area contributed by atoms with Gasteiger partial charge in [-0.15, -0.1) is 0 Å². The van der Waals surface area contributed by atoms with Gasteiger partial charge < -0.3 is 4.74 Å². The van der Waals surface area contributed by atoms with Crippen molar-refractivity contribution in [3.63, 3.8) is 0 Å². The number of ether oxygens (including phenoxy) is 1. The molecule has 0 aliphatic rings. The summed E-state index contributed by atoms with van der Waals surface area (Å²) in [6.07, 6.45) is 0. The third-order valence-corrected chi connectivity index (χ3v) is 1.82. The van der Waals surface area contributed by atoms with Gasteiger partial charge in [0.2, 0.25) is 0 Å². The summed E-state index contributed by atoms with van der Waals surface area (Å²) in [6, 6.07) is 4.50. The Morgan fingerprint density at radius 3 is 2.85 bits per heavy atom. The molecule has 0 spiro atoms. The van der Waals surface area contributed by atoms with Crippen molar-refractivity contribution in [2.45, 2.75) is 0 Å². The summed E-state index contributed by atoms with van der Waals surface area (Å²) >= 11 is 5.64. The molecule has 0 bridgehead atoms. The maximum atomic E-state index is 12.1. The smallest absolute Gasteiger partial charge is 0.197 e. The number of alkyl halides is 1. The van der Waals surface area contributed by atoms with Crippen molar-refractivity contribution in [1.29, 1.82) is 0 Å². The van der Waals surface area contributed by atoms with Crippen LogP contribution in [0.3, 0.4) is 0 Å². The van der Waals surface area contributed by atoms with Crippen molar-refractivity contribution in [2.75, 3.05) is 13.8 Å². The molecule has 0 fully saturated rings. The number of rotatable bonds is 3. The fourth-order valence-electron chi connectivity index (χ4n) is 0.970. The largest absolute Gasteiger partial charge is 0.496 e. The van der Waals surface area contributed by atoms with Crippen LogP contribution in [0.5, 0.6) is 5.75 Å². The lowest BCUT2D eigenvalue weighted by Gasteiger charge is -2.05. The van der Waals surface area contributed by atoms with E-state index in [-0.39, 0.29) is 5.56 Å². The fourth-order valence-corrected chi connectivity index (χ4v) is 1.14. The topological polar surface area (TPSA) is 26.3 Å². The average Bonchev–Trinajstić information content (AvgIpc) is 2.16. The molecule has 0 radical (unpaired) electrons. The number of benzene rings is 1. The number of ketones is 1. The maximum absolute atomic E-state index is 12.1. The number of carbonyl (C=O) groups excluding carboxylic acids is 1. The van der Waals surface area contributed by atoms with E-state index in [1.807, 2.05) is 0 Å². The van der Waals surface area contributed by atoms with Crippen molar-refractivity contribution in [2.24, 2.45) is 0 Å². The first-order valence-corrected chi connectivity index (χ1v) is 3.99. The van der Waals surface area contributed by atoms with Gasteiger partial charge in [-0.3, -0.25) is 4.79 Å². The molecule has 0 N–H and O–H groups in total. The molecule has 13 heavy (non-hydrogen) atoms. The third kappa shape index (κ3) is 2.18. The summed E-state index contributed by atoms with van der Waals surface area (Å²) in [7, 11) is 1.41. The van der Waals surface area contributed by atoms with Crippen LogP contribution in [0.25, 0.3) is 0 Å². The Morgan fingerprint density at radius 1 is 1.62 bits per heavy atom. The molecule has 0 heterocycles. The molecule has 0 saturated heterocycles. The summed E-state index contributed by atoms with van der Waals surface area (Å²) < 4.78 is 16.9. The minimum Gasteiger partial charge on any atom is -0.496 e. The van der Waals surface area contributed by atoms with Crippen molar-refractivity contribution in [3.8, 4) is 5.75 Å². The van der Waals surface area contributed by atoms with Gasteiger partial charge in [0, 0.05) is 5.02 Å². The Kier molecular flexibility index (Phi) is 3.25. The number of methoxy groups -OCH3 is 1. The molecule has 2 nitrogen and oxygen atoms in total. The lowest BCUT2D eigenvalue weighted by Crippen LogP contribution is -2.03. The van der Waals surface area contributed by atoms with Crippen molar-refractivity contribution < 1.29 is 13.9 Å². The molecule has 0 unspecified atom stereocenters. The lowest BCUT2D eigenvalue weighted by atomic mass is 10.1. The van der Waals surface area contributed by atoms with Crippen molar-refractivity contribution in [3.05, 3.63) is 28.8 Å². The van der Waals surface area contributed by atoms with Crippen molar-refractivity contribution >= 4 is 17.4 Å². The van der Waals surface area contributed by atoms with Crippen LogP contribution in [0.15, 0.2) is 18.2 Å². The third-order valence-electron chi connectivity index (χ3n) is 1.58. The SMILES string of the molecule is COc1ccc(Cl)cc1C(=O)CF. The number of hydrogen-bond acceptors (Lipinski definition) is 2. The van der Waals surface area contributed by atoms with Crippen LogP contribution in [0.1, 0.15) is 10.4 Å². The quantitative estimate of drug-likeness (QED) is 0.704. The van der Waals surface area contributed by atoms with Crippen LogP contribution >= 0.6 is 11.6 Å².